The number of rotatable bonds is 2. The second kappa shape index (κ2) is 4.00. The van der Waals surface area contributed by atoms with Crippen molar-refractivity contribution in [3.8, 4) is 0 Å². The minimum Gasteiger partial charge on any atom is -0.357 e. The summed E-state index contributed by atoms with van der Waals surface area (Å²) >= 11 is 3.09. The molecule has 0 atom stereocenters. The van der Waals surface area contributed by atoms with E-state index in [0.717, 1.165) is 13.8 Å². The zero-order valence-electron chi connectivity index (χ0n) is 8.19. The summed E-state index contributed by atoms with van der Waals surface area (Å²) in [6.45, 7) is 2.13. The van der Waals surface area contributed by atoms with Crippen LogP contribution in [0.15, 0.2) is 22.8 Å². The molecule has 0 aliphatic carbocycles. The smallest absolute Gasteiger partial charge is 0.357 e. The van der Waals surface area contributed by atoms with Crippen LogP contribution in [0, 0.1) is 0 Å². The van der Waals surface area contributed by atoms with E-state index in [9.17, 15) is 13.2 Å². The first-order valence-corrected chi connectivity index (χ1v) is 4.99. The Labute approximate surface area is 94.0 Å². The van der Waals surface area contributed by atoms with Gasteiger partial charge < -0.3 is 5.32 Å². The third kappa shape index (κ3) is 3.09. The molecule has 0 aliphatic heterocycles. The molecule has 0 amide bonds. The number of anilines is 1. The summed E-state index contributed by atoms with van der Waals surface area (Å²) in [4.78, 5) is 3.88. The number of alkyl halides is 3. The first kappa shape index (κ1) is 12.3. The van der Waals surface area contributed by atoms with E-state index in [1.165, 1.54) is 6.07 Å². The van der Waals surface area contributed by atoms with E-state index in [2.05, 4.69) is 26.2 Å². The number of nitrogens with one attached hydrogen (secondary N) is 1. The molecule has 0 aliphatic rings. The third-order valence-electron chi connectivity index (χ3n) is 1.86. The van der Waals surface area contributed by atoms with Crippen molar-refractivity contribution in [2.75, 3.05) is 5.32 Å². The Morgan fingerprint density at radius 1 is 1.27 bits per heavy atom. The number of pyridine rings is 1. The highest BCUT2D eigenvalue weighted by atomic mass is 79.9. The average Bonchev–Trinajstić information content (AvgIpc) is 2.00. The second-order valence-electron chi connectivity index (χ2n) is 3.59. The average molecular weight is 283 g/mol. The monoisotopic (exact) mass is 282 g/mol. The topological polar surface area (TPSA) is 24.9 Å². The second-order valence-corrected chi connectivity index (χ2v) is 4.41. The predicted molar refractivity (Wildman–Crippen MR) is 55.7 cm³/mol. The van der Waals surface area contributed by atoms with Crippen LogP contribution >= 0.6 is 15.9 Å². The van der Waals surface area contributed by atoms with Crippen LogP contribution in [0.5, 0.6) is 0 Å². The Hall–Kier alpha value is -0.780. The van der Waals surface area contributed by atoms with Gasteiger partial charge in [0.25, 0.3) is 0 Å². The number of nitrogens with zero attached hydrogens (tertiary/aromatic N) is 1. The predicted octanol–water partition coefficient (Wildman–Crippen LogP) is 3.60. The molecule has 6 heteroatoms. The molecule has 0 bridgehead atoms. The minimum atomic E-state index is -4.32. The van der Waals surface area contributed by atoms with Crippen molar-refractivity contribution in [3.05, 3.63) is 22.8 Å². The number of hydrogen-bond donors (Lipinski definition) is 1. The lowest BCUT2D eigenvalue weighted by Gasteiger charge is -2.29. The highest BCUT2D eigenvalue weighted by molar-refractivity contribution is 9.10. The summed E-state index contributed by atoms with van der Waals surface area (Å²) in [6.07, 6.45) is -4.32. The zero-order chi connectivity index (χ0) is 11.7. The highest BCUT2D eigenvalue weighted by Gasteiger charge is 2.47. The van der Waals surface area contributed by atoms with E-state index >= 15 is 0 Å². The molecule has 2 nitrogen and oxygen atoms in total. The van der Waals surface area contributed by atoms with E-state index in [1.54, 1.807) is 12.1 Å². The molecule has 0 radical (unpaired) electrons. The largest absolute Gasteiger partial charge is 0.410 e. The molecule has 1 rings (SSSR count). The molecule has 0 unspecified atom stereocenters. The molecular weight excluding hydrogens is 273 g/mol. The standard InChI is InChI=1S/C9H10BrF3N2/c1-8(2,9(11,12)13)15-7-5-3-4-6(10)14-7/h3-5H,1-2H3,(H,14,15). The van der Waals surface area contributed by atoms with Gasteiger partial charge in [0.05, 0.1) is 0 Å². The van der Waals surface area contributed by atoms with Gasteiger partial charge in [0.1, 0.15) is 16.0 Å². The van der Waals surface area contributed by atoms with Crippen LogP contribution in [-0.2, 0) is 0 Å². The summed E-state index contributed by atoms with van der Waals surface area (Å²) in [5, 5.41) is 2.33. The number of hydrogen-bond acceptors (Lipinski definition) is 2. The van der Waals surface area contributed by atoms with Crippen molar-refractivity contribution >= 4 is 21.7 Å². The third-order valence-corrected chi connectivity index (χ3v) is 2.31. The molecule has 0 fully saturated rings. The summed E-state index contributed by atoms with van der Waals surface area (Å²) < 4.78 is 38.0. The van der Waals surface area contributed by atoms with Gasteiger partial charge in [-0.05, 0) is 41.9 Å². The van der Waals surface area contributed by atoms with Crippen LogP contribution < -0.4 is 5.32 Å². The van der Waals surface area contributed by atoms with Crippen molar-refractivity contribution in [2.24, 2.45) is 0 Å². The maximum Gasteiger partial charge on any atom is 0.410 e. The Morgan fingerprint density at radius 2 is 1.87 bits per heavy atom. The van der Waals surface area contributed by atoms with Gasteiger partial charge in [0, 0.05) is 0 Å². The molecule has 1 aromatic heterocycles. The van der Waals surface area contributed by atoms with Crippen LogP contribution in [0.4, 0.5) is 19.0 Å². The van der Waals surface area contributed by atoms with Crippen molar-refractivity contribution in [1.82, 2.24) is 4.98 Å². The van der Waals surface area contributed by atoms with Gasteiger partial charge in [-0.15, -0.1) is 0 Å². The van der Waals surface area contributed by atoms with Crippen LogP contribution in [0.3, 0.4) is 0 Å². The van der Waals surface area contributed by atoms with Gasteiger partial charge in [0.2, 0.25) is 0 Å². The Kier molecular flexibility index (Phi) is 3.28. The van der Waals surface area contributed by atoms with E-state index < -0.39 is 11.7 Å². The SMILES string of the molecule is CC(C)(Nc1cccc(Br)n1)C(F)(F)F. The fourth-order valence-electron chi connectivity index (χ4n) is 0.869. The van der Waals surface area contributed by atoms with Gasteiger partial charge in [-0.2, -0.15) is 13.2 Å². The summed E-state index contributed by atoms with van der Waals surface area (Å²) in [7, 11) is 0. The summed E-state index contributed by atoms with van der Waals surface area (Å²) in [6, 6.07) is 4.75. The van der Waals surface area contributed by atoms with E-state index in [0.29, 0.717) is 4.60 Å². The van der Waals surface area contributed by atoms with Crippen molar-refractivity contribution < 1.29 is 13.2 Å². The molecule has 0 aromatic carbocycles. The summed E-state index contributed by atoms with van der Waals surface area (Å²) in [5.41, 5.74) is -2.00. The highest BCUT2D eigenvalue weighted by Crippen LogP contribution is 2.32. The normalized spacial score (nSPS) is 12.7. The minimum absolute atomic E-state index is 0.187. The van der Waals surface area contributed by atoms with E-state index in [-0.39, 0.29) is 5.82 Å². The quantitative estimate of drug-likeness (QED) is 0.839. The first-order chi connectivity index (χ1) is 6.72. The maximum absolute atomic E-state index is 12.5. The molecule has 1 N–H and O–H groups in total. The van der Waals surface area contributed by atoms with Gasteiger partial charge in [-0.3, -0.25) is 0 Å². The van der Waals surface area contributed by atoms with Gasteiger partial charge in [-0.25, -0.2) is 4.98 Å². The van der Waals surface area contributed by atoms with Gasteiger partial charge in [0.15, 0.2) is 0 Å². The van der Waals surface area contributed by atoms with Crippen LogP contribution in [0.25, 0.3) is 0 Å². The van der Waals surface area contributed by atoms with E-state index in [1.807, 2.05) is 0 Å². The van der Waals surface area contributed by atoms with Crippen LogP contribution in [0.1, 0.15) is 13.8 Å². The van der Waals surface area contributed by atoms with Crippen LogP contribution in [0.2, 0.25) is 0 Å². The molecule has 0 spiro atoms. The lowest BCUT2D eigenvalue weighted by molar-refractivity contribution is -0.168. The fraction of sp³-hybridized carbons (Fsp3) is 0.444. The molecule has 1 heterocycles. The van der Waals surface area contributed by atoms with Crippen molar-refractivity contribution in [1.29, 1.82) is 0 Å². The Morgan fingerprint density at radius 3 is 2.33 bits per heavy atom. The zero-order valence-corrected chi connectivity index (χ0v) is 9.78. The molecule has 84 valence electrons. The molecule has 1 aromatic rings. The maximum atomic E-state index is 12.5. The Balaban J connectivity index is 2.87. The van der Waals surface area contributed by atoms with Gasteiger partial charge >= 0.3 is 6.18 Å². The molecule has 0 saturated heterocycles. The van der Waals surface area contributed by atoms with E-state index in [4.69, 9.17) is 0 Å². The lowest BCUT2D eigenvalue weighted by Crippen LogP contribution is -2.46. The molecule has 0 saturated carbocycles. The number of aromatic nitrogens is 1. The van der Waals surface area contributed by atoms with Crippen molar-refractivity contribution in [3.63, 3.8) is 0 Å². The van der Waals surface area contributed by atoms with Gasteiger partial charge in [-0.1, -0.05) is 6.07 Å². The number of halogens is 4. The summed E-state index contributed by atoms with van der Waals surface area (Å²) in [5.74, 6) is 0.187. The molecular formula is C9H10BrF3N2. The fourth-order valence-corrected chi connectivity index (χ4v) is 1.21. The van der Waals surface area contributed by atoms with Crippen LogP contribution in [-0.4, -0.2) is 16.7 Å². The first-order valence-electron chi connectivity index (χ1n) is 4.20. The van der Waals surface area contributed by atoms with Crippen molar-refractivity contribution in [2.45, 2.75) is 25.6 Å². The molecule has 15 heavy (non-hydrogen) atoms. The Bertz CT molecular complexity index is 349. The lowest BCUT2D eigenvalue weighted by atomic mass is 10.1.